The first kappa shape index (κ1) is 10.6. The average molecular weight is 210 g/mol. The minimum absolute atomic E-state index is 0.301. The maximum Gasteiger partial charge on any atom is 0.129 e. The van der Waals surface area contributed by atoms with Crippen molar-refractivity contribution < 1.29 is 8.78 Å². The van der Waals surface area contributed by atoms with Gasteiger partial charge in [-0.1, -0.05) is 19.4 Å². The molecule has 1 unspecified atom stereocenters. The Morgan fingerprint density at radius 3 is 2.67 bits per heavy atom. The standard InChI is InChI=1S/C13H16F2/c1-2-9-3-4-10(7-9)12-6-5-11(14)8-13(12)15/h5-6,8-10H,2-4,7H2,1H3/t9-,10?/m1/s1. The van der Waals surface area contributed by atoms with E-state index in [-0.39, 0.29) is 5.82 Å². The second kappa shape index (κ2) is 4.30. The van der Waals surface area contributed by atoms with E-state index in [2.05, 4.69) is 6.92 Å². The highest BCUT2D eigenvalue weighted by Gasteiger charge is 2.26. The maximum absolute atomic E-state index is 13.5. The minimum atomic E-state index is -0.485. The number of benzene rings is 1. The average Bonchev–Trinajstić information content (AvgIpc) is 2.66. The van der Waals surface area contributed by atoms with E-state index in [0.29, 0.717) is 11.5 Å². The molecule has 0 heterocycles. The molecule has 1 saturated carbocycles. The van der Waals surface area contributed by atoms with Crippen LogP contribution in [0.5, 0.6) is 0 Å². The monoisotopic (exact) mass is 210 g/mol. The summed E-state index contributed by atoms with van der Waals surface area (Å²) < 4.78 is 26.2. The van der Waals surface area contributed by atoms with Gasteiger partial charge in [0.25, 0.3) is 0 Å². The van der Waals surface area contributed by atoms with Crippen molar-refractivity contribution in [2.24, 2.45) is 5.92 Å². The van der Waals surface area contributed by atoms with Gasteiger partial charge in [-0.2, -0.15) is 0 Å². The van der Waals surface area contributed by atoms with E-state index < -0.39 is 5.82 Å². The Kier molecular flexibility index (Phi) is 3.03. The molecule has 0 radical (unpaired) electrons. The fourth-order valence-corrected chi connectivity index (χ4v) is 2.56. The van der Waals surface area contributed by atoms with Gasteiger partial charge in [0.15, 0.2) is 0 Å². The summed E-state index contributed by atoms with van der Waals surface area (Å²) in [6.45, 7) is 2.17. The predicted octanol–water partition coefficient (Wildman–Crippen LogP) is 4.26. The summed E-state index contributed by atoms with van der Waals surface area (Å²) >= 11 is 0. The molecule has 0 saturated heterocycles. The van der Waals surface area contributed by atoms with Crippen molar-refractivity contribution >= 4 is 0 Å². The topological polar surface area (TPSA) is 0 Å². The van der Waals surface area contributed by atoms with Crippen molar-refractivity contribution in [3.8, 4) is 0 Å². The molecule has 2 heteroatoms. The summed E-state index contributed by atoms with van der Waals surface area (Å²) in [6.07, 6.45) is 4.44. The molecule has 1 aliphatic carbocycles. The summed E-state index contributed by atoms with van der Waals surface area (Å²) in [5.74, 6) is 0.160. The molecule has 0 bridgehead atoms. The molecule has 1 fully saturated rings. The molecule has 0 aromatic heterocycles. The molecule has 2 rings (SSSR count). The quantitative estimate of drug-likeness (QED) is 0.684. The van der Waals surface area contributed by atoms with Gasteiger partial charge in [-0.05, 0) is 42.7 Å². The Morgan fingerprint density at radius 2 is 2.07 bits per heavy atom. The molecule has 1 aliphatic rings. The molecule has 0 nitrogen and oxygen atoms in total. The van der Waals surface area contributed by atoms with E-state index in [4.69, 9.17) is 0 Å². The van der Waals surface area contributed by atoms with Crippen LogP contribution in [0.25, 0.3) is 0 Å². The largest absolute Gasteiger partial charge is 0.207 e. The van der Waals surface area contributed by atoms with Gasteiger partial charge >= 0.3 is 0 Å². The molecule has 82 valence electrons. The van der Waals surface area contributed by atoms with Crippen molar-refractivity contribution in [2.45, 2.75) is 38.5 Å². The van der Waals surface area contributed by atoms with E-state index in [1.165, 1.54) is 18.9 Å². The van der Waals surface area contributed by atoms with Gasteiger partial charge in [0.1, 0.15) is 11.6 Å². The molecular weight excluding hydrogens is 194 g/mol. The van der Waals surface area contributed by atoms with Crippen molar-refractivity contribution in [1.82, 2.24) is 0 Å². The lowest BCUT2D eigenvalue weighted by molar-refractivity contribution is 0.511. The van der Waals surface area contributed by atoms with Gasteiger partial charge in [0, 0.05) is 6.07 Å². The number of rotatable bonds is 2. The normalized spacial score (nSPS) is 25.8. The van der Waals surface area contributed by atoms with Crippen molar-refractivity contribution in [2.75, 3.05) is 0 Å². The molecule has 0 spiro atoms. The van der Waals surface area contributed by atoms with Crippen LogP contribution in [-0.4, -0.2) is 0 Å². The molecule has 0 aliphatic heterocycles. The van der Waals surface area contributed by atoms with E-state index in [1.807, 2.05) is 0 Å². The van der Waals surface area contributed by atoms with Gasteiger partial charge in [0.2, 0.25) is 0 Å². The van der Waals surface area contributed by atoms with E-state index in [0.717, 1.165) is 24.8 Å². The summed E-state index contributed by atoms with van der Waals surface area (Å²) in [6, 6.07) is 3.96. The Balaban J connectivity index is 2.17. The van der Waals surface area contributed by atoms with Crippen LogP contribution in [0.15, 0.2) is 18.2 Å². The fourth-order valence-electron chi connectivity index (χ4n) is 2.56. The van der Waals surface area contributed by atoms with Crippen molar-refractivity contribution in [3.63, 3.8) is 0 Å². The van der Waals surface area contributed by atoms with Crippen LogP contribution >= 0.6 is 0 Å². The molecule has 0 amide bonds. The van der Waals surface area contributed by atoms with Gasteiger partial charge in [0.05, 0.1) is 0 Å². The second-order valence-electron chi connectivity index (χ2n) is 4.45. The highest BCUT2D eigenvalue weighted by molar-refractivity contribution is 5.23. The van der Waals surface area contributed by atoms with Crippen LogP contribution in [-0.2, 0) is 0 Å². The third-order valence-electron chi connectivity index (χ3n) is 3.52. The van der Waals surface area contributed by atoms with Crippen LogP contribution in [0.2, 0.25) is 0 Å². The molecule has 1 aromatic rings. The van der Waals surface area contributed by atoms with Crippen molar-refractivity contribution in [3.05, 3.63) is 35.4 Å². The Bertz CT molecular complexity index is 346. The maximum atomic E-state index is 13.5. The molecule has 1 aromatic carbocycles. The van der Waals surface area contributed by atoms with E-state index in [1.54, 1.807) is 6.07 Å². The molecular formula is C13H16F2. The van der Waals surface area contributed by atoms with Crippen LogP contribution in [0.4, 0.5) is 8.78 Å². The molecule has 2 atom stereocenters. The lowest BCUT2D eigenvalue weighted by atomic mass is 9.95. The Hall–Kier alpha value is -0.920. The highest BCUT2D eigenvalue weighted by Crippen LogP contribution is 2.40. The highest BCUT2D eigenvalue weighted by atomic mass is 19.1. The third-order valence-corrected chi connectivity index (χ3v) is 3.52. The lowest BCUT2D eigenvalue weighted by Gasteiger charge is -2.11. The van der Waals surface area contributed by atoms with E-state index >= 15 is 0 Å². The van der Waals surface area contributed by atoms with Crippen LogP contribution in [0.3, 0.4) is 0 Å². The lowest BCUT2D eigenvalue weighted by Crippen LogP contribution is -1.98. The predicted molar refractivity (Wildman–Crippen MR) is 56.7 cm³/mol. The van der Waals surface area contributed by atoms with Gasteiger partial charge in [-0.3, -0.25) is 0 Å². The third kappa shape index (κ3) is 2.19. The Morgan fingerprint density at radius 1 is 1.27 bits per heavy atom. The first-order valence-electron chi connectivity index (χ1n) is 5.65. The zero-order valence-corrected chi connectivity index (χ0v) is 8.97. The SMILES string of the molecule is CC[C@@H]1CCC(c2ccc(F)cc2F)C1. The van der Waals surface area contributed by atoms with Gasteiger partial charge in [-0.25, -0.2) is 8.78 Å². The van der Waals surface area contributed by atoms with Gasteiger partial charge in [-0.15, -0.1) is 0 Å². The Labute approximate surface area is 89.3 Å². The first-order valence-corrected chi connectivity index (χ1v) is 5.65. The summed E-state index contributed by atoms with van der Waals surface area (Å²) in [4.78, 5) is 0. The molecule has 15 heavy (non-hydrogen) atoms. The number of halogens is 2. The van der Waals surface area contributed by atoms with Crippen LogP contribution in [0.1, 0.15) is 44.1 Å². The summed E-state index contributed by atoms with van der Waals surface area (Å²) in [5, 5.41) is 0. The first-order chi connectivity index (χ1) is 7.20. The minimum Gasteiger partial charge on any atom is -0.207 e. The van der Waals surface area contributed by atoms with E-state index in [9.17, 15) is 8.78 Å². The number of hydrogen-bond acceptors (Lipinski definition) is 0. The zero-order valence-electron chi connectivity index (χ0n) is 8.97. The van der Waals surface area contributed by atoms with Crippen molar-refractivity contribution in [1.29, 1.82) is 0 Å². The summed E-state index contributed by atoms with van der Waals surface area (Å²) in [7, 11) is 0. The van der Waals surface area contributed by atoms with Crippen LogP contribution in [0, 0.1) is 17.6 Å². The smallest absolute Gasteiger partial charge is 0.129 e. The summed E-state index contributed by atoms with van der Waals surface area (Å²) in [5.41, 5.74) is 0.701. The van der Waals surface area contributed by atoms with Gasteiger partial charge < -0.3 is 0 Å². The molecule has 0 N–H and O–H groups in total. The number of hydrogen-bond donors (Lipinski definition) is 0. The van der Waals surface area contributed by atoms with Crippen LogP contribution < -0.4 is 0 Å². The fraction of sp³-hybridized carbons (Fsp3) is 0.538. The second-order valence-corrected chi connectivity index (χ2v) is 4.45. The zero-order chi connectivity index (χ0) is 10.8.